The Balaban J connectivity index is 1.51. The van der Waals surface area contributed by atoms with E-state index in [-0.39, 0.29) is 25.8 Å². The van der Waals surface area contributed by atoms with E-state index in [1.165, 1.54) is 4.90 Å². The zero-order valence-corrected chi connectivity index (χ0v) is 23.3. The average molecular weight is 546 g/mol. The minimum absolute atomic E-state index is 0.0438. The molecular weight excluding hydrogens is 508 g/mol. The third-order valence-corrected chi connectivity index (χ3v) is 6.65. The van der Waals surface area contributed by atoms with Crippen molar-refractivity contribution in [2.75, 3.05) is 6.54 Å². The number of hydrogen-bond acceptors (Lipinski definition) is 6. The fourth-order valence-corrected chi connectivity index (χ4v) is 4.97. The second kappa shape index (κ2) is 10.4. The number of ether oxygens (including phenoxy) is 3. The van der Waals surface area contributed by atoms with Crippen molar-refractivity contribution in [3.8, 4) is 11.1 Å². The van der Waals surface area contributed by atoms with Crippen molar-refractivity contribution in [1.82, 2.24) is 4.90 Å². The number of carbonyl (C=O) groups excluding carboxylic acids is 2. The van der Waals surface area contributed by atoms with Crippen molar-refractivity contribution < 1.29 is 37.7 Å². The lowest BCUT2D eigenvalue weighted by molar-refractivity contribution is -0.0486. The maximum atomic E-state index is 13.8. The number of halogens is 2. The van der Waals surface area contributed by atoms with Gasteiger partial charge in [-0.1, -0.05) is 42.5 Å². The molecule has 1 N–H and O–H groups in total. The van der Waals surface area contributed by atoms with E-state index in [0.29, 0.717) is 11.1 Å². The summed E-state index contributed by atoms with van der Waals surface area (Å²) in [6, 6.07) is 12.2. The van der Waals surface area contributed by atoms with Crippen LogP contribution in [0.2, 0.25) is 0 Å². The first-order valence-corrected chi connectivity index (χ1v) is 13.2. The monoisotopic (exact) mass is 545 g/mol. The average Bonchev–Trinajstić information content (AvgIpc) is 3.26. The first-order chi connectivity index (χ1) is 18.0. The Bertz CT molecular complexity index is 1220. The summed E-state index contributed by atoms with van der Waals surface area (Å²) >= 11 is 0. The number of likely N-dealkylation sites (tertiary alicyclic amines) is 1. The Morgan fingerprint density at radius 1 is 0.923 bits per heavy atom. The summed E-state index contributed by atoms with van der Waals surface area (Å²) in [7, 11) is 0. The summed E-state index contributed by atoms with van der Waals surface area (Å²) in [6.45, 7) is 10.3. The van der Waals surface area contributed by atoms with Crippen LogP contribution in [0.1, 0.15) is 58.2 Å². The van der Waals surface area contributed by atoms with Crippen LogP contribution >= 0.6 is 0 Å². The second-order valence-electron chi connectivity index (χ2n) is 12.4. The van der Waals surface area contributed by atoms with E-state index in [2.05, 4.69) is 0 Å². The lowest BCUT2D eigenvalue weighted by atomic mass is 9.97. The molecule has 1 amide bonds. The number of alkyl halides is 2. The van der Waals surface area contributed by atoms with Gasteiger partial charge in [0, 0.05) is 12.8 Å². The molecule has 1 fully saturated rings. The molecule has 0 radical (unpaired) electrons. The molecule has 2 aromatic rings. The first-order valence-electron chi connectivity index (χ1n) is 13.2. The number of amides is 1. The van der Waals surface area contributed by atoms with Crippen LogP contribution in [0.4, 0.5) is 18.4 Å². The zero-order chi connectivity index (χ0) is 28.8. The number of carbonyl (C=O) groups is 2. The number of aliphatic hydroxyl groups is 1. The minimum Gasteiger partial charge on any atom is -0.444 e. The molecule has 0 spiro atoms. The van der Waals surface area contributed by atoms with Crippen molar-refractivity contribution >= 4 is 12.2 Å². The molecule has 0 bridgehead atoms. The molecule has 0 aromatic heterocycles. The van der Waals surface area contributed by atoms with Crippen LogP contribution in [0, 0.1) is 0 Å². The number of hydrogen-bond donors (Lipinski definition) is 1. The third-order valence-electron chi connectivity index (χ3n) is 6.65. The number of nitrogens with zero attached hydrogens (tertiary/aromatic N) is 1. The quantitative estimate of drug-likeness (QED) is 0.480. The maximum absolute atomic E-state index is 13.8. The van der Waals surface area contributed by atoms with Gasteiger partial charge < -0.3 is 19.3 Å². The Kier molecular flexibility index (Phi) is 7.69. The Labute approximate surface area is 228 Å². The molecule has 2 aromatic carbocycles. The van der Waals surface area contributed by atoms with E-state index >= 15 is 0 Å². The van der Waals surface area contributed by atoms with Crippen molar-refractivity contribution in [2.45, 2.75) is 96.2 Å². The molecule has 3 atom stereocenters. The molecule has 1 heterocycles. The van der Waals surface area contributed by atoms with Gasteiger partial charge >= 0.3 is 12.2 Å². The molecule has 212 valence electrons. The third kappa shape index (κ3) is 7.26. The lowest BCUT2D eigenvalue weighted by Gasteiger charge is -2.29. The summed E-state index contributed by atoms with van der Waals surface area (Å²) in [5.74, 6) is -2.70. The Hall–Kier alpha value is -3.20. The van der Waals surface area contributed by atoms with Gasteiger partial charge in [-0.15, -0.1) is 0 Å². The molecule has 4 rings (SSSR count). The highest BCUT2D eigenvalue weighted by molar-refractivity contribution is 5.70. The molecule has 0 saturated carbocycles. The van der Waals surface area contributed by atoms with E-state index in [9.17, 15) is 23.5 Å². The molecule has 1 aliphatic carbocycles. The van der Waals surface area contributed by atoms with Gasteiger partial charge in [0.25, 0.3) is 5.92 Å². The summed E-state index contributed by atoms with van der Waals surface area (Å²) in [5.41, 5.74) is 2.38. The van der Waals surface area contributed by atoms with Gasteiger partial charge in [-0.05, 0) is 75.8 Å². The molecular formula is C30H37F2NO6. The Morgan fingerprint density at radius 2 is 1.51 bits per heavy atom. The van der Waals surface area contributed by atoms with Crippen molar-refractivity contribution in [3.05, 3.63) is 59.2 Å². The molecule has 0 unspecified atom stereocenters. The van der Waals surface area contributed by atoms with Crippen LogP contribution < -0.4 is 0 Å². The van der Waals surface area contributed by atoms with Crippen molar-refractivity contribution in [1.29, 1.82) is 0 Å². The molecule has 1 aliphatic heterocycles. The molecule has 9 heteroatoms. The lowest BCUT2D eigenvalue weighted by Crippen LogP contribution is -2.43. The van der Waals surface area contributed by atoms with Crippen LogP contribution in [0.15, 0.2) is 42.5 Å². The van der Waals surface area contributed by atoms with E-state index in [4.69, 9.17) is 14.2 Å². The van der Waals surface area contributed by atoms with Gasteiger partial charge in [0.15, 0.2) is 6.10 Å². The van der Waals surface area contributed by atoms with Gasteiger partial charge in [-0.25, -0.2) is 18.4 Å². The highest BCUT2D eigenvalue weighted by Gasteiger charge is 2.47. The van der Waals surface area contributed by atoms with Crippen molar-refractivity contribution in [3.63, 3.8) is 0 Å². The maximum Gasteiger partial charge on any atom is 0.509 e. The van der Waals surface area contributed by atoms with Gasteiger partial charge in [-0.3, -0.25) is 4.90 Å². The molecule has 2 aliphatic rings. The van der Waals surface area contributed by atoms with Crippen LogP contribution in [0.5, 0.6) is 0 Å². The molecule has 1 saturated heterocycles. The Morgan fingerprint density at radius 3 is 2.13 bits per heavy atom. The summed E-state index contributed by atoms with van der Waals surface area (Å²) in [4.78, 5) is 26.7. The zero-order valence-electron chi connectivity index (χ0n) is 23.3. The summed E-state index contributed by atoms with van der Waals surface area (Å²) in [6.07, 6.45) is -3.88. The van der Waals surface area contributed by atoms with E-state index in [0.717, 1.165) is 16.7 Å². The smallest absolute Gasteiger partial charge is 0.444 e. The van der Waals surface area contributed by atoms with Gasteiger partial charge in [0.1, 0.15) is 17.3 Å². The van der Waals surface area contributed by atoms with E-state index in [1.807, 2.05) is 36.4 Å². The summed E-state index contributed by atoms with van der Waals surface area (Å²) < 4.78 is 43.8. The number of fused-ring (bicyclic) bond motifs is 1. The van der Waals surface area contributed by atoms with Crippen molar-refractivity contribution in [2.24, 2.45) is 0 Å². The fraction of sp³-hybridized carbons (Fsp3) is 0.533. The van der Waals surface area contributed by atoms with Gasteiger partial charge in [0.2, 0.25) is 0 Å². The number of aliphatic hydroxyl groups excluding tert-OH is 1. The minimum atomic E-state index is -2.70. The topological polar surface area (TPSA) is 85.3 Å². The predicted octanol–water partition coefficient (Wildman–Crippen LogP) is 5.93. The standard InChI is InChI=1S/C30H37F2NO6/c1-28(2,3)38-26(35)33-17-24(37-27(36)39-29(4,5)6)25(34)23(33)13-18-7-9-19(10-8-18)20-11-12-21-15-30(31,32)16-22(21)14-20/h7-12,14,23-25,34H,13,15-17H2,1-6H3/t23-,24+,25+/m1/s1. The summed E-state index contributed by atoms with van der Waals surface area (Å²) in [5, 5.41) is 11.1. The first kappa shape index (κ1) is 28.8. The van der Waals surface area contributed by atoms with Crippen LogP contribution in [-0.2, 0) is 33.5 Å². The SMILES string of the molecule is CC(C)(C)OC(=O)O[C@H]1CN(C(=O)OC(C)(C)C)[C@H](Cc2ccc(-c3ccc4c(c3)CC(F)(F)C4)cc2)[C@@H]1O. The normalized spacial score (nSPS) is 22.4. The highest BCUT2D eigenvalue weighted by atomic mass is 19.3. The highest BCUT2D eigenvalue weighted by Crippen LogP contribution is 2.36. The second-order valence-corrected chi connectivity index (χ2v) is 12.4. The predicted molar refractivity (Wildman–Crippen MR) is 142 cm³/mol. The molecule has 7 nitrogen and oxygen atoms in total. The van der Waals surface area contributed by atoms with Crippen LogP contribution in [0.3, 0.4) is 0 Å². The van der Waals surface area contributed by atoms with Crippen LogP contribution in [0.25, 0.3) is 11.1 Å². The van der Waals surface area contributed by atoms with Crippen LogP contribution in [-0.4, -0.2) is 64.2 Å². The largest absolute Gasteiger partial charge is 0.509 e. The van der Waals surface area contributed by atoms with E-state index in [1.54, 1.807) is 47.6 Å². The number of rotatable bonds is 4. The van der Waals surface area contributed by atoms with Gasteiger partial charge in [-0.2, -0.15) is 0 Å². The van der Waals surface area contributed by atoms with Gasteiger partial charge in [0.05, 0.1) is 12.6 Å². The molecule has 39 heavy (non-hydrogen) atoms. The number of benzene rings is 2. The fourth-order valence-electron chi connectivity index (χ4n) is 4.97. The van der Waals surface area contributed by atoms with E-state index < -0.39 is 47.6 Å².